The lowest BCUT2D eigenvalue weighted by Gasteiger charge is -1.98. The van der Waals surface area contributed by atoms with Gasteiger partial charge in [0.15, 0.2) is 0 Å². The van der Waals surface area contributed by atoms with Crippen molar-refractivity contribution in [3.63, 3.8) is 0 Å². The highest BCUT2D eigenvalue weighted by atomic mass is 16.4. The summed E-state index contributed by atoms with van der Waals surface area (Å²) in [5.41, 5.74) is 0.613. The zero-order valence-electron chi connectivity index (χ0n) is 9.51. The van der Waals surface area contributed by atoms with E-state index < -0.39 is 5.97 Å². The van der Waals surface area contributed by atoms with Crippen molar-refractivity contribution in [2.75, 3.05) is 6.54 Å². The van der Waals surface area contributed by atoms with Gasteiger partial charge in [-0.25, -0.2) is 9.78 Å². The molecule has 0 atom stereocenters. The van der Waals surface area contributed by atoms with Gasteiger partial charge in [-0.15, -0.1) is 0 Å². The van der Waals surface area contributed by atoms with Gasteiger partial charge in [-0.05, 0) is 24.6 Å². The summed E-state index contributed by atoms with van der Waals surface area (Å²) in [4.78, 5) is 25.2. The fourth-order valence-electron chi connectivity index (χ4n) is 1.20. The number of nitrogens with zero attached hydrogens (tertiary/aromatic N) is 1. The van der Waals surface area contributed by atoms with Crippen LogP contribution >= 0.6 is 0 Å². The summed E-state index contributed by atoms with van der Waals surface area (Å²) in [6.07, 6.45) is 4.25. The Kier molecular flexibility index (Phi) is 4.87. The number of aromatic carboxylic acids is 1. The van der Waals surface area contributed by atoms with Crippen LogP contribution in [0.4, 0.5) is 0 Å². The van der Waals surface area contributed by atoms with Crippen molar-refractivity contribution in [1.82, 2.24) is 10.3 Å². The molecule has 0 aliphatic heterocycles. The molecule has 5 nitrogen and oxygen atoms in total. The first-order valence-electron chi connectivity index (χ1n) is 5.21. The molecule has 17 heavy (non-hydrogen) atoms. The van der Waals surface area contributed by atoms with E-state index in [4.69, 9.17) is 5.11 Å². The van der Waals surface area contributed by atoms with Crippen molar-refractivity contribution in [2.45, 2.75) is 13.3 Å². The molecule has 2 N–H and O–H groups in total. The van der Waals surface area contributed by atoms with Gasteiger partial charge >= 0.3 is 5.97 Å². The van der Waals surface area contributed by atoms with Crippen molar-refractivity contribution < 1.29 is 14.7 Å². The number of aromatic nitrogens is 1. The van der Waals surface area contributed by atoms with E-state index >= 15 is 0 Å². The second-order valence-electron chi connectivity index (χ2n) is 3.43. The van der Waals surface area contributed by atoms with Crippen LogP contribution in [0, 0.1) is 0 Å². The molecule has 5 heteroatoms. The van der Waals surface area contributed by atoms with Gasteiger partial charge in [0.25, 0.3) is 0 Å². The van der Waals surface area contributed by atoms with Crippen LogP contribution in [0.3, 0.4) is 0 Å². The fourth-order valence-corrected chi connectivity index (χ4v) is 1.20. The van der Waals surface area contributed by atoms with Crippen LogP contribution in [0.1, 0.15) is 29.5 Å². The second kappa shape index (κ2) is 6.42. The van der Waals surface area contributed by atoms with E-state index in [0.717, 1.165) is 0 Å². The van der Waals surface area contributed by atoms with E-state index in [9.17, 15) is 9.59 Å². The molecule has 1 aromatic rings. The molecular weight excluding hydrogens is 220 g/mol. The number of carboxylic acids is 1. The van der Waals surface area contributed by atoms with Crippen LogP contribution in [0.15, 0.2) is 24.3 Å². The van der Waals surface area contributed by atoms with Gasteiger partial charge in [-0.3, -0.25) is 4.79 Å². The summed E-state index contributed by atoms with van der Waals surface area (Å²) in [6.45, 7) is 2.02. The van der Waals surface area contributed by atoms with Crippen molar-refractivity contribution in [3.8, 4) is 0 Å². The van der Waals surface area contributed by atoms with Crippen LogP contribution in [-0.2, 0) is 4.79 Å². The Labute approximate surface area is 99.2 Å². The molecule has 0 aliphatic carbocycles. The molecule has 0 radical (unpaired) electrons. The molecule has 0 spiro atoms. The zero-order chi connectivity index (χ0) is 12.7. The molecule has 1 amide bonds. The maximum absolute atomic E-state index is 10.7. The van der Waals surface area contributed by atoms with E-state index in [1.54, 1.807) is 18.2 Å². The minimum absolute atomic E-state index is 0.0222. The molecule has 0 bridgehead atoms. The molecule has 0 aliphatic rings. The molecule has 1 heterocycles. The van der Waals surface area contributed by atoms with E-state index in [1.165, 1.54) is 13.0 Å². The van der Waals surface area contributed by atoms with E-state index in [-0.39, 0.29) is 11.6 Å². The van der Waals surface area contributed by atoms with E-state index in [1.807, 2.05) is 6.08 Å². The van der Waals surface area contributed by atoms with E-state index in [0.29, 0.717) is 18.7 Å². The molecule has 1 aromatic heterocycles. The Morgan fingerprint density at radius 3 is 2.88 bits per heavy atom. The predicted molar refractivity (Wildman–Crippen MR) is 63.5 cm³/mol. The van der Waals surface area contributed by atoms with Crippen molar-refractivity contribution in [2.24, 2.45) is 0 Å². The van der Waals surface area contributed by atoms with Gasteiger partial charge in [-0.1, -0.05) is 12.1 Å². The first kappa shape index (κ1) is 12.9. The normalized spacial score (nSPS) is 10.4. The summed E-state index contributed by atoms with van der Waals surface area (Å²) < 4.78 is 0. The largest absolute Gasteiger partial charge is 0.477 e. The minimum atomic E-state index is -1.04. The Hall–Kier alpha value is -2.17. The summed E-state index contributed by atoms with van der Waals surface area (Å²) in [5.74, 6) is -1.11. The second-order valence-corrected chi connectivity index (χ2v) is 3.43. The van der Waals surface area contributed by atoms with Crippen molar-refractivity contribution >= 4 is 18.0 Å². The number of pyridine rings is 1. The average Bonchev–Trinajstić information content (AvgIpc) is 2.28. The monoisotopic (exact) mass is 234 g/mol. The fraction of sp³-hybridized carbons (Fsp3) is 0.250. The number of hydrogen-bond donors (Lipinski definition) is 2. The third kappa shape index (κ3) is 4.92. The minimum Gasteiger partial charge on any atom is -0.477 e. The van der Waals surface area contributed by atoms with Crippen LogP contribution in [0.2, 0.25) is 0 Å². The SMILES string of the molecule is CC(=O)NCCC=Cc1cccc(C(=O)O)n1. The summed E-state index contributed by atoms with van der Waals surface area (Å²) >= 11 is 0. The maximum Gasteiger partial charge on any atom is 0.354 e. The van der Waals surface area contributed by atoms with Gasteiger partial charge < -0.3 is 10.4 Å². The van der Waals surface area contributed by atoms with Gasteiger partial charge in [-0.2, -0.15) is 0 Å². The van der Waals surface area contributed by atoms with Crippen LogP contribution in [-0.4, -0.2) is 28.5 Å². The third-order valence-corrected chi connectivity index (χ3v) is 1.96. The summed E-state index contributed by atoms with van der Waals surface area (Å²) in [5, 5.41) is 11.4. The Morgan fingerprint density at radius 1 is 1.47 bits per heavy atom. The molecule has 90 valence electrons. The Morgan fingerprint density at radius 2 is 2.24 bits per heavy atom. The molecule has 0 aromatic carbocycles. The topological polar surface area (TPSA) is 79.3 Å². The number of hydrogen-bond acceptors (Lipinski definition) is 3. The molecule has 0 fully saturated rings. The standard InChI is InChI=1S/C12H14N2O3/c1-9(15)13-8-3-2-5-10-6-4-7-11(14-10)12(16)17/h2,4-7H,3,8H2,1H3,(H,13,15)(H,16,17). The summed E-state index contributed by atoms with van der Waals surface area (Å²) in [7, 11) is 0. The number of rotatable bonds is 5. The highest BCUT2D eigenvalue weighted by Crippen LogP contribution is 2.02. The molecule has 0 saturated heterocycles. The van der Waals surface area contributed by atoms with Crippen molar-refractivity contribution in [1.29, 1.82) is 0 Å². The molecular formula is C12H14N2O3. The quantitative estimate of drug-likeness (QED) is 0.753. The van der Waals surface area contributed by atoms with Crippen LogP contribution in [0.5, 0.6) is 0 Å². The number of amides is 1. The van der Waals surface area contributed by atoms with Gasteiger partial charge in [0.2, 0.25) is 5.91 Å². The molecule has 1 rings (SSSR count). The average molecular weight is 234 g/mol. The third-order valence-electron chi connectivity index (χ3n) is 1.96. The molecule has 0 saturated carbocycles. The Balaban J connectivity index is 2.50. The highest BCUT2D eigenvalue weighted by Gasteiger charge is 2.02. The number of carbonyl (C=O) groups is 2. The number of carbonyl (C=O) groups excluding carboxylic acids is 1. The highest BCUT2D eigenvalue weighted by molar-refractivity contribution is 5.85. The number of carboxylic acid groups (broad SMARTS) is 1. The van der Waals surface area contributed by atoms with Gasteiger partial charge in [0.05, 0.1) is 5.69 Å². The van der Waals surface area contributed by atoms with E-state index in [2.05, 4.69) is 10.3 Å². The smallest absolute Gasteiger partial charge is 0.354 e. The lowest BCUT2D eigenvalue weighted by molar-refractivity contribution is -0.118. The van der Waals surface area contributed by atoms with Gasteiger partial charge in [0, 0.05) is 13.5 Å². The Bertz CT molecular complexity index is 441. The zero-order valence-corrected chi connectivity index (χ0v) is 9.51. The first-order valence-corrected chi connectivity index (χ1v) is 5.21. The summed E-state index contributed by atoms with van der Waals surface area (Å²) in [6, 6.07) is 4.81. The van der Waals surface area contributed by atoms with Crippen LogP contribution < -0.4 is 5.32 Å². The van der Waals surface area contributed by atoms with Gasteiger partial charge in [0.1, 0.15) is 5.69 Å². The lowest BCUT2D eigenvalue weighted by Crippen LogP contribution is -2.20. The van der Waals surface area contributed by atoms with Crippen LogP contribution in [0.25, 0.3) is 6.08 Å². The molecule has 0 unspecified atom stereocenters. The number of nitrogens with one attached hydrogen (secondary N) is 1. The lowest BCUT2D eigenvalue weighted by atomic mass is 10.2. The maximum atomic E-state index is 10.7. The predicted octanol–water partition coefficient (Wildman–Crippen LogP) is 1.32. The first-order chi connectivity index (χ1) is 8.09. The van der Waals surface area contributed by atoms with Crippen molar-refractivity contribution in [3.05, 3.63) is 35.7 Å².